The molecule has 1 atom stereocenters. The number of hydrogen-bond acceptors (Lipinski definition) is 3. The van der Waals surface area contributed by atoms with E-state index in [1.807, 2.05) is 20.8 Å². The lowest BCUT2D eigenvalue weighted by Crippen LogP contribution is -2.45. The Labute approximate surface area is 125 Å². The van der Waals surface area contributed by atoms with Gasteiger partial charge < -0.3 is 15.8 Å². The Balaban J connectivity index is 0.00000324. The summed E-state index contributed by atoms with van der Waals surface area (Å²) < 4.78 is 5.04. The van der Waals surface area contributed by atoms with Crippen LogP contribution >= 0.6 is 24.0 Å². The highest BCUT2D eigenvalue weighted by molar-refractivity contribution is 6.32. The number of carbonyl (C=O) groups is 1. The number of ether oxygens (including phenoxy) is 1. The van der Waals surface area contributed by atoms with Crippen LogP contribution in [0.5, 0.6) is 5.75 Å². The number of nitrogens with one attached hydrogen (secondary N) is 1. The number of benzene rings is 1. The first-order valence-corrected chi connectivity index (χ1v) is 6.03. The highest BCUT2D eigenvalue weighted by Gasteiger charge is 2.27. The van der Waals surface area contributed by atoms with Crippen molar-refractivity contribution in [1.82, 2.24) is 0 Å². The average Bonchev–Trinajstić information content (AvgIpc) is 2.27. The second-order valence-electron chi connectivity index (χ2n) is 5.18. The highest BCUT2D eigenvalue weighted by atomic mass is 35.5. The SMILES string of the molecule is COc1ccc(NC(=O)[C@@H](N)C(C)(C)C)cc1Cl.Cl. The van der Waals surface area contributed by atoms with Crippen molar-refractivity contribution in [1.29, 1.82) is 0 Å². The molecule has 0 heterocycles. The number of hydrogen-bond donors (Lipinski definition) is 2. The van der Waals surface area contributed by atoms with Crippen LogP contribution in [0.2, 0.25) is 5.02 Å². The van der Waals surface area contributed by atoms with Crippen LogP contribution in [0, 0.1) is 5.41 Å². The molecule has 0 fully saturated rings. The van der Waals surface area contributed by atoms with E-state index in [9.17, 15) is 4.79 Å². The number of nitrogens with two attached hydrogens (primary N) is 1. The summed E-state index contributed by atoms with van der Waals surface area (Å²) in [6.45, 7) is 5.74. The summed E-state index contributed by atoms with van der Waals surface area (Å²) in [5, 5.41) is 3.18. The third-order valence-electron chi connectivity index (χ3n) is 2.63. The summed E-state index contributed by atoms with van der Waals surface area (Å²) in [6.07, 6.45) is 0. The van der Waals surface area contributed by atoms with Crippen LogP contribution in [-0.2, 0) is 4.79 Å². The number of carbonyl (C=O) groups excluding carboxylic acids is 1. The van der Waals surface area contributed by atoms with Gasteiger partial charge in [0, 0.05) is 5.69 Å². The smallest absolute Gasteiger partial charge is 0.241 e. The third-order valence-corrected chi connectivity index (χ3v) is 2.93. The molecule has 0 spiro atoms. The van der Waals surface area contributed by atoms with Crippen LogP contribution in [0.25, 0.3) is 0 Å². The maximum Gasteiger partial charge on any atom is 0.241 e. The van der Waals surface area contributed by atoms with E-state index in [0.29, 0.717) is 16.5 Å². The zero-order chi connectivity index (χ0) is 13.9. The minimum atomic E-state index is -0.585. The van der Waals surface area contributed by atoms with Gasteiger partial charge >= 0.3 is 0 Å². The molecule has 0 aliphatic heterocycles. The minimum absolute atomic E-state index is 0. The topological polar surface area (TPSA) is 64.3 Å². The molecule has 0 unspecified atom stereocenters. The van der Waals surface area contributed by atoms with Gasteiger partial charge in [0.15, 0.2) is 0 Å². The van der Waals surface area contributed by atoms with Crippen LogP contribution in [0.4, 0.5) is 5.69 Å². The fourth-order valence-electron chi connectivity index (χ4n) is 1.36. The summed E-state index contributed by atoms with van der Waals surface area (Å²) in [5.41, 5.74) is 6.18. The first-order chi connectivity index (χ1) is 8.25. The largest absolute Gasteiger partial charge is 0.495 e. The molecule has 0 saturated carbocycles. The summed E-state index contributed by atoms with van der Waals surface area (Å²) >= 11 is 5.97. The van der Waals surface area contributed by atoms with Crippen molar-refractivity contribution < 1.29 is 9.53 Å². The van der Waals surface area contributed by atoms with Crippen LogP contribution in [0.1, 0.15) is 20.8 Å². The average molecular weight is 307 g/mol. The predicted molar refractivity (Wildman–Crippen MR) is 81.3 cm³/mol. The normalized spacial score (nSPS) is 12.3. The number of anilines is 1. The lowest BCUT2D eigenvalue weighted by molar-refractivity contribution is -0.119. The summed E-state index contributed by atoms with van der Waals surface area (Å²) in [7, 11) is 1.54. The van der Waals surface area contributed by atoms with E-state index >= 15 is 0 Å². The first kappa shape index (κ1) is 18.0. The lowest BCUT2D eigenvalue weighted by atomic mass is 9.87. The maximum atomic E-state index is 11.9. The predicted octanol–water partition coefficient (Wildman–Crippen LogP) is 3.08. The molecule has 0 bridgehead atoms. The number of amides is 1. The highest BCUT2D eigenvalue weighted by Crippen LogP contribution is 2.27. The molecule has 0 aliphatic carbocycles. The van der Waals surface area contributed by atoms with Gasteiger partial charge in [0.2, 0.25) is 5.91 Å². The molecule has 6 heteroatoms. The van der Waals surface area contributed by atoms with E-state index in [1.54, 1.807) is 18.2 Å². The molecule has 3 N–H and O–H groups in total. The van der Waals surface area contributed by atoms with E-state index < -0.39 is 6.04 Å². The van der Waals surface area contributed by atoms with Crippen molar-refractivity contribution in [2.45, 2.75) is 26.8 Å². The molecule has 4 nitrogen and oxygen atoms in total. The van der Waals surface area contributed by atoms with Crippen molar-refractivity contribution in [3.8, 4) is 5.75 Å². The van der Waals surface area contributed by atoms with Crippen LogP contribution in [0.15, 0.2) is 18.2 Å². The van der Waals surface area contributed by atoms with Crippen molar-refractivity contribution in [2.75, 3.05) is 12.4 Å². The minimum Gasteiger partial charge on any atom is -0.495 e. The molecule has 1 amide bonds. The van der Waals surface area contributed by atoms with E-state index in [-0.39, 0.29) is 23.7 Å². The maximum absolute atomic E-state index is 11.9. The van der Waals surface area contributed by atoms with Gasteiger partial charge in [-0.05, 0) is 23.6 Å². The van der Waals surface area contributed by atoms with Crippen LogP contribution in [-0.4, -0.2) is 19.1 Å². The zero-order valence-corrected chi connectivity index (χ0v) is 13.1. The van der Waals surface area contributed by atoms with Crippen molar-refractivity contribution in [3.05, 3.63) is 23.2 Å². The van der Waals surface area contributed by atoms with Crippen LogP contribution in [0.3, 0.4) is 0 Å². The molecule has 19 heavy (non-hydrogen) atoms. The van der Waals surface area contributed by atoms with Gasteiger partial charge in [0.05, 0.1) is 18.2 Å². The molecule has 1 aromatic carbocycles. The Morgan fingerprint density at radius 3 is 2.42 bits per heavy atom. The Morgan fingerprint density at radius 1 is 1.42 bits per heavy atom. The van der Waals surface area contributed by atoms with Gasteiger partial charge in [-0.3, -0.25) is 4.79 Å². The van der Waals surface area contributed by atoms with Crippen molar-refractivity contribution in [3.63, 3.8) is 0 Å². The fourth-order valence-corrected chi connectivity index (χ4v) is 1.62. The zero-order valence-electron chi connectivity index (χ0n) is 11.5. The Morgan fingerprint density at radius 2 is 2.00 bits per heavy atom. The molecule has 0 aliphatic rings. The second-order valence-corrected chi connectivity index (χ2v) is 5.59. The molecule has 108 valence electrons. The number of rotatable bonds is 3. The number of halogens is 2. The van der Waals surface area contributed by atoms with Gasteiger partial charge in [-0.1, -0.05) is 32.4 Å². The van der Waals surface area contributed by atoms with E-state index in [0.717, 1.165) is 0 Å². The monoisotopic (exact) mass is 306 g/mol. The molecule has 0 saturated heterocycles. The van der Waals surface area contributed by atoms with Crippen molar-refractivity contribution >= 4 is 35.6 Å². The quantitative estimate of drug-likeness (QED) is 0.902. The summed E-state index contributed by atoms with van der Waals surface area (Å²) in [6, 6.07) is 4.46. The first-order valence-electron chi connectivity index (χ1n) is 5.65. The van der Waals surface area contributed by atoms with Gasteiger partial charge in [-0.2, -0.15) is 0 Å². The lowest BCUT2D eigenvalue weighted by Gasteiger charge is -2.25. The van der Waals surface area contributed by atoms with Gasteiger partial charge in [-0.15, -0.1) is 12.4 Å². The number of methoxy groups -OCH3 is 1. The van der Waals surface area contributed by atoms with E-state index in [4.69, 9.17) is 22.1 Å². The molecule has 1 rings (SSSR count). The second kappa shape index (κ2) is 6.98. The van der Waals surface area contributed by atoms with Gasteiger partial charge in [0.25, 0.3) is 0 Å². The fraction of sp³-hybridized carbons (Fsp3) is 0.462. The molecular weight excluding hydrogens is 287 g/mol. The standard InChI is InChI=1S/C13H19ClN2O2.ClH/c1-13(2,3)11(15)12(17)16-8-5-6-10(18-4)9(14)7-8;/h5-7,11H,15H2,1-4H3,(H,16,17);1H/t11-;/m1./s1. The Bertz CT molecular complexity index is 445. The molecule has 1 aromatic rings. The van der Waals surface area contributed by atoms with Gasteiger partial charge in [-0.25, -0.2) is 0 Å². The third kappa shape index (κ3) is 4.90. The van der Waals surface area contributed by atoms with E-state index in [2.05, 4.69) is 5.32 Å². The Hall–Kier alpha value is -0.970. The molecular formula is C13H20Cl2N2O2. The van der Waals surface area contributed by atoms with Crippen molar-refractivity contribution in [2.24, 2.45) is 11.1 Å². The molecule has 0 aromatic heterocycles. The van der Waals surface area contributed by atoms with E-state index in [1.165, 1.54) is 7.11 Å². The summed E-state index contributed by atoms with van der Waals surface area (Å²) in [4.78, 5) is 11.9. The van der Waals surface area contributed by atoms with Crippen LogP contribution < -0.4 is 15.8 Å². The summed E-state index contributed by atoms with van der Waals surface area (Å²) in [5.74, 6) is 0.332. The Kier molecular flexibility index (Phi) is 6.63. The molecule has 0 radical (unpaired) electrons. The van der Waals surface area contributed by atoms with Gasteiger partial charge in [0.1, 0.15) is 5.75 Å².